The minimum absolute atomic E-state index is 0.106. The van der Waals surface area contributed by atoms with E-state index in [9.17, 15) is 23.5 Å². The lowest BCUT2D eigenvalue weighted by molar-refractivity contribution is -0.153. The maximum absolute atomic E-state index is 12.8. The topological polar surface area (TPSA) is 102 Å². The lowest BCUT2D eigenvalue weighted by Crippen LogP contribution is -2.60. The molecule has 7 nitrogen and oxygen atoms in total. The number of alkyl halides is 3. The van der Waals surface area contributed by atoms with Gasteiger partial charge in [0.1, 0.15) is 17.6 Å². The molecule has 5 saturated carbocycles. The third kappa shape index (κ3) is 7.74. The number of allylic oxidation sites excluding steroid dienone is 2. The van der Waals surface area contributed by atoms with Crippen molar-refractivity contribution < 1.29 is 23.0 Å². The Bertz CT molecular complexity index is 1360. The van der Waals surface area contributed by atoms with Crippen LogP contribution in [0.25, 0.3) is 0 Å². The van der Waals surface area contributed by atoms with Gasteiger partial charge in [-0.2, -0.15) is 18.4 Å². The molecule has 0 radical (unpaired) electrons. The Balaban J connectivity index is 1.08. The van der Waals surface area contributed by atoms with E-state index in [2.05, 4.69) is 33.9 Å². The van der Waals surface area contributed by atoms with Crippen LogP contribution in [-0.2, 0) is 6.54 Å². The molecular weight excluding hydrogens is 591 g/mol. The van der Waals surface area contributed by atoms with Gasteiger partial charge >= 0.3 is 6.18 Å². The normalized spacial score (nSPS) is 32.3. The van der Waals surface area contributed by atoms with Crippen molar-refractivity contribution in [3.8, 4) is 11.8 Å². The summed E-state index contributed by atoms with van der Waals surface area (Å²) in [7, 11) is 0. The number of hydrogen-bond acceptors (Lipinski definition) is 7. The van der Waals surface area contributed by atoms with Gasteiger partial charge in [0.15, 0.2) is 6.61 Å². The number of nitrogens with zero attached hydrogens (tertiary/aromatic N) is 2. The van der Waals surface area contributed by atoms with E-state index < -0.39 is 12.8 Å². The highest BCUT2D eigenvalue weighted by Gasteiger charge is 2.55. The van der Waals surface area contributed by atoms with Crippen molar-refractivity contribution in [1.29, 1.82) is 5.26 Å². The van der Waals surface area contributed by atoms with E-state index in [1.54, 1.807) is 24.4 Å². The molecule has 4 N–H and O–H groups in total. The molecule has 0 spiro atoms. The molecule has 10 heteroatoms. The quantitative estimate of drug-likeness (QED) is 0.208. The minimum atomic E-state index is -4.41. The molecule has 5 fully saturated rings. The molecule has 3 unspecified atom stereocenters. The molecule has 1 heterocycles. The molecule has 0 saturated heterocycles. The maximum atomic E-state index is 12.8. The Labute approximate surface area is 270 Å². The average Bonchev–Trinajstić information content (AvgIpc) is 3.20. The molecule has 0 aromatic heterocycles. The highest BCUT2D eigenvalue weighted by atomic mass is 19.4. The van der Waals surface area contributed by atoms with E-state index in [1.165, 1.54) is 38.2 Å². The number of aliphatic hydroxyl groups excluding tert-OH is 1. The van der Waals surface area contributed by atoms with Crippen LogP contribution in [0, 0.1) is 40.4 Å². The molecule has 6 aliphatic rings. The van der Waals surface area contributed by atoms with Crippen molar-refractivity contribution in [3.05, 3.63) is 52.5 Å². The summed E-state index contributed by atoms with van der Waals surface area (Å²) in [6, 6.07) is 9.65. The number of hydrogen-bond donors (Lipinski definition) is 4. The van der Waals surface area contributed by atoms with Crippen molar-refractivity contribution in [2.24, 2.45) is 34.1 Å². The summed E-state index contributed by atoms with van der Waals surface area (Å²) >= 11 is 0. The molecule has 1 aliphatic heterocycles. The SMILES string of the molecule is CCC1=C(NCc2ccccc2OCC(F)(F)F)N=CC(C#N)=C(NCC23CC4C[C@H](C2)C(NCC2CCC(O)CC2)[C@@H](C4)C3)C1. The first-order valence-corrected chi connectivity index (χ1v) is 17.2. The Morgan fingerprint density at radius 3 is 2.50 bits per heavy atom. The number of benzene rings is 1. The number of para-hydroxylation sites is 1. The van der Waals surface area contributed by atoms with E-state index in [0.717, 1.165) is 62.4 Å². The number of nitrogens with one attached hydrogen (secondary N) is 3. The first-order valence-electron chi connectivity index (χ1n) is 17.2. The molecule has 5 aliphatic carbocycles. The lowest BCUT2D eigenvalue weighted by atomic mass is 9.48. The first-order chi connectivity index (χ1) is 22.1. The summed E-state index contributed by atoms with van der Waals surface area (Å²) < 4.78 is 43.4. The van der Waals surface area contributed by atoms with Crippen LogP contribution in [0.2, 0.25) is 0 Å². The number of rotatable bonds is 12. The summed E-state index contributed by atoms with van der Waals surface area (Å²) in [6.45, 7) is 2.90. The second-order valence-corrected chi connectivity index (χ2v) is 14.5. The van der Waals surface area contributed by atoms with E-state index in [1.807, 2.05) is 0 Å². The van der Waals surface area contributed by atoms with Crippen molar-refractivity contribution in [2.45, 2.75) is 102 Å². The van der Waals surface area contributed by atoms with E-state index in [0.29, 0.717) is 47.2 Å². The van der Waals surface area contributed by atoms with Crippen LogP contribution in [0.3, 0.4) is 0 Å². The predicted molar refractivity (Wildman–Crippen MR) is 172 cm³/mol. The number of ether oxygens (including phenoxy) is 1. The van der Waals surface area contributed by atoms with Crippen molar-refractivity contribution in [3.63, 3.8) is 0 Å². The van der Waals surface area contributed by atoms with Crippen LogP contribution in [0.5, 0.6) is 5.75 Å². The fourth-order valence-corrected chi connectivity index (χ4v) is 9.23. The van der Waals surface area contributed by atoms with Gasteiger partial charge in [0.25, 0.3) is 0 Å². The summed E-state index contributed by atoms with van der Waals surface area (Å²) in [5, 5.41) is 31.0. The van der Waals surface area contributed by atoms with Crippen LogP contribution in [0.15, 0.2) is 51.9 Å². The van der Waals surface area contributed by atoms with Gasteiger partial charge in [-0.3, -0.25) is 0 Å². The van der Waals surface area contributed by atoms with Gasteiger partial charge in [-0.1, -0.05) is 25.1 Å². The van der Waals surface area contributed by atoms with Crippen molar-refractivity contribution in [1.82, 2.24) is 16.0 Å². The minimum Gasteiger partial charge on any atom is -0.484 e. The predicted octanol–water partition coefficient (Wildman–Crippen LogP) is 6.52. The Morgan fingerprint density at radius 2 is 1.80 bits per heavy atom. The Hall–Kier alpha value is -3.03. The highest BCUT2D eigenvalue weighted by Crippen LogP contribution is 2.60. The number of aliphatic imine (C=N–C) groups is 1. The van der Waals surface area contributed by atoms with Gasteiger partial charge in [0.05, 0.1) is 11.7 Å². The van der Waals surface area contributed by atoms with Gasteiger partial charge < -0.3 is 25.8 Å². The number of aliphatic hydroxyl groups is 1. The lowest BCUT2D eigenvalue weighted by Gasteiger charge is -2.60. The van der Waals surface area contributed by atoms with E-state index in [-0.39, 0.29) is 23.8 Å². The zero-order chi connectivity index (χ0) is 32.3. The molecule has 1 aromatic rings. The van der Waals surface area contributed by atoms with Gasteiger partial charge in [-0.25, -0.2) is 4.99 Å². The largest absolute Gasteiger partial charge is 0.484 e. The van der Waals surface area contributed by atoms with Gasteiger partial charge in [0.2, 0.25) is 0 Å². The highest BCUT2D eigenvalue weighted by molar-refractivity contribution is 5.86. The van der Waals surface area contributed by atoms with Crippen molar-refractivity contribution in [2.75, 3.05) is 19.7 Å². The van der Waals surface area contributed by atoms with E-state index in [4.69, 9.17) is 4.74 Å². The Kier molecular flexibility index (Phi) is 10.0. The van der Waals surface area contributed by atoms with Crippen LogP contribution < -0.4 is 20.7 Å². The van der Waals surface area contributed by atoms with Crippen LogP contribution >= 0.6 is 0 Å². The molecule has 4 bridgehead atoms. The fourth-order valence-electron chi connectivity index (χ4n) is 9.23. The second kappa shape index (κ2) is 14.0. The van der Waals surface area contributed by atoms with Gasteiger partial charge in [0, 0.05) is 43.0 Å². The summed E-state index contributed by atoms with van der Waals surface area (Å²) in [6.07, 6.45) is 8.84. The third-order valence-corrected chi connectivity index (χ3v) is 11.3. The summed E-state index contributed by atoms with van der Waals surface area (Å²) in [4.78, 5) is 4.64. The summed E-state index contributed by atoms with van der Waals surface area (Å²) in [5.41, 5.74) is 3.32. The van der Waals surface area contributed by atoms with Gasteiger partial charge in [-0.05, 0) is 111 Å². The molecule has 7 rings (SSSR count). The second-order valence-electron chi connectivity index (χ2n) is 14.5. The molecule has 46 heavy (non-hydrogen) atoms. The Morgan fingerprint density at radius 1 is 1.07 bits per heavy atom. The molecule has 250 valence electrons. The first kappa shape index (κ1) is 32.9. The van der Waals surface area contributed by atoms with Crippen molar-refractivity contribution >= 4 is 6.21 Å². The van der Waals surface area contributed by atoms with Gasteiger partial charge in [-0.15, -0.1) is 0 Å². The monoisotopic (exact) mass is 639 g/mol. The fraction of sp³-hybridized carbons (Fsp3) is 0.667. The van der Waals surface area contributed by atoms with Crippen LogP contribution in [0.1, 0.15) is 83.1 Å². The standard InChI is InChI=1S/C36H48F3N5O2/c1-2-25-13-31(29(17-40)20-43-34(25)42-19-26-5-3-4-6-32(26)46-22-36(37,38)39)44-21-35-14-24-11-27(15-35)33(28(12-24)16-35)41-18-23-7-9-30(45)10-8-23/h3-6,20,23-24,27-28,30,33,41-42,44-45H,2,7-16,18-19,21-22H2,1H3/t23?,24?,27-,28+,30?,33?,35?. The number of nitriles is 1. The molecular formula is C36H48F3N5O2. The zero-order valence-corrected chi connectivity index (χ0v) is 26.8. The average molecular weight is 640 g/mol. The third-order valence-electron chi connectivity index (χ3n) is 11.3. The molecule has 0 amide bonds. The van der Waals surface area contributed by atoms with E-state index >= 15 is 0 Å². The number of halogens is 3. The van der Waals surface area contributed by atoms with Crippen LogP contribution in [-0.4, -0.2) is 49.3 Å². The summed E-state index contributed by atoms with van der Waals surface area (Å²) in [5.74, 6) is 3.70. The molecule has 5 atom stereocenters. The smallest absolute Gasteiger partial charge is 0.422 e. The zero-order valence-electron chi connectivity index (χ0n) is 26.8. The molecule has 1 aromatic carbocycles. The maximum Gasteiger partial charge on any atom is 0.422 e. The van der Waals surface area contributed by atoms with Crippen LogP contribution in [0.4, 0.5) is 13.2 Å².